The van der Waals surface area contributed by atoms with Gasteiger partial charge in [-0.3, -0.25) is 4.79 Å². The predicted molar refractivity (Wildman–Crippen MR) is 244 cm³/mol. The van der Waals surface area contributed by atoms with Crippen LogP contribution in [0.1, 0.15) is 189 Å². The van der Waals surface area contributed by atoms with Crippen LogP contribution in [0.25, 0.3) is 0 Å². The molecular weight excluding hydrogens is 749 g/mol. The van der Waals surface area contributed by atoms with Crippen LogP contribution < -0.4 is 0 Å². The maximum Gasteiger partial charge on any atom is 0.305 e. The molecule has 1 saturated heterocycles. The Morgan fingerprint density at radius 1 is 0.800 bits per heavy atom. The second-order valence-corrected chi connectivity index (χ2v) is 20.8. The van der Waals surface area contributed by atoms with E-state index >= 15 is 0 Å². The summed E-state index contributed by atoms with van der Waals surface area (Å²) in [4.78, 5) is 12.6. The number of hydrogen-bond acceptors (Lipinski definition) is 7. The van der Waals surface area contributed by atoms with E-state index in [0.717, 1.165) is 100 Å². The zero-order valence-corrected chi connectivity index (χ0v) is 38.9. The van der Waals surface area contributed by atoms with Gasteiger partial charge in [-0.25, -0.2) is 0 Å². The van der Waals surface area contributed by atoms with Crippen molar-refractivity contribution in [3.8, 4) is 0 Å². The second-order valence-electron chi connectivity index (χ2n) is 20.8. The summed E-state index contributed by atoms with van der Waals surface area (Å²) in [5.74, 6) is 4.41. The van der Waals surface area contributed by atoms with E-state index < -0.39 is 30.7 Å². The number of ether oxygens (including phenoxy) is 3. The van der Waals surface area contributed by atoms with Gasteiger partial charge in [0.1, 0.15) is 31.0 Å². The Morgan fingerprint density at radius 3 is 2.23 bits per heavy atom. The van der Waals surface area contributed by atoms with Gasteiger partial charge in [0.05, 0.1) is 6.10 Å². The molecule has 0 amide bonds. The van der Waals surface area contributed by atoms with E-state index in [0.29, 0.717) is 17.8 Å². The molecule has 5 aliphatic rings. The molecule has 1 heterocycles. The number of aliphatic hydroxyl groups excluding tert-OH is 3. The summed E-state index contributed by atoms with van der Waals surface area (Å²) < 4.78 is 18.0. The lowest BCUT2D eigenvalue weighted by molar-refractivity contribution is -0.313. The monoisotopic (exact) mass is 837 g/mol. The van der Waals surface area contributed by atoms with E-state index in [-0.39, 0.29) is 24.1 Å². The first-order valence-corrected chi connectivity index (χ1v) is 25.0. The van der Waals surface area contributed by atoms with Gasteiger partial charge in [0, 0.05) is 6.42 Å². The van der Waals surface area contributed by atoms with Gasteiger partial charge in [0.25, 0.3) is 0 Å². The van der Waals surface area contributed by atoms with Crippen molar-refractivity contribution in [2.24, 2.45) is 46.3 Å². The molecule has 4 aliphatic carbocycles. The SMILES string of the molecule is CC/C=C\C/C=C\C/C=C\CCCCCCCCCC(=O)OCC1O[C@@H](O[C@H]2CC[C@@]3(C)C(=CC[C@H]4[C@@H]5CC[C@H]([C@H](C)CCCC(C)C)[C@@]5(C)CC[C@@H]43)C2)C(O)C(O)[C@@H]1O. The average Bonchev–Trinajstić information content (AvgIpc) is 3.59. The van der Waals surface area contributed by atoms with Crippen LogP contribution in [-0.2, 0) is 19.0 Å². The van der Waals surface area contributed by atoms with Crippen molar-refractivity contribution in [1.82, 2.24) is 0 Å². The van der Waals surface area contributed by atoms with Crippen molar-refractivity contribution in [2.75, 3.05) is 6.61 Å². The molecule has 0 bridgehead atoms. The third kappa shape index (κ3) is 13.1. The van der Waals surface area contributed by atoms with Gasteiger partial charge in [-0.2, -0.15) is 0 Å². The van der Waals surface area contributed by atoms with Crippen LogP contribution in [0.2, 0.25) is 0 Å². The Kier molecular flexibility index (Phi) is 20.0. The van der Waals surface area contributed by atoms with Crippen molar-refractivity contribution in [1.29, 1.82) is 0 Å². The Balaban J connectivity index is 0.991. The standard InChI is InChI=1S/C53H88O7/c1-7-8-9-10-11-12-13-14-15-16-17-18-19-20-21-22-23-27-47(54)58-37-46-48(55)49(56)50(57)51(60-46)59-41-32-34-52(5)40(36-41)28-29-42-44-31-30-43(39(4)26-24-25-38(2)3)53(44,6)35-33-45(42)52/h8-9,11-12,14-15,28,38-39,41-46,48-51,55-57H,7,10,13,16-27,29-37H2,1-6H3/b9-8-,12-11-,15-14-/t39-,41+,42+,43-,44+,45+,46?,48-,49?,50?,51-,52+,53-/m1/s1. The highest BCUT2D eigenvalue weighted by Crippen LogP contribution is 2.67. The third-order valence-electron chi connectivity index (χ3n) is 16.2. The van der Waals surface area contributed by atoms with Crippen LogP contribution in [-0.4, -0.2) is 64.7 Å². The molecule has 0 aromatic carbocycles. The van der Waals surface area contributed by atoms with Crippen molar-refractivity contribution in [3.63, 3.8) is 0 Å². The Hall–Kier alpha value is -1.77. The third-order valence-corrected chi connectivity index (χ3v) is 16.2. The molecule has 3 N–H and O–H groups in total. The van der Waals surface area contributed by atoms with Crippen LogP contribution in [0.3, 0.4) is 0 Å². The van der Waals surface area contributed by atoms with Crippen LogP contribution in [0.15, 0.2) is 48.1 Å². The van der Waals surface area contributed by atoms with Gasteiger partial charge in [-0.1, -0.05) is 141 Å². The summed E-state index contributed by atoms with van der Waals surface area (Å²) in [5, 5.41) is 32.5. The first-order valence-electron chi connectivity index (χ1n) is 25.0. The molecule has 5 rings (SSSR count). The summed E-state index contributed by atoms with van der Waals surface area (Å²) in [6.45, 7) is 14.4. The molecule has 1 aliphatic heterocycles. The number of allylic oxidation sites excluding steroid dienone is 7. The van der Waals surface area contributed by atoms with Crippen LogP contribution in [0, 0.1) is 46.3 Å². The van der Waals surface area contributed by atoms with Crippen LogP contribution >= 0.6 is 0 Å². The zero-order valence-electron chi connectivity index (χ0n) is 38.9. The fourth-order valence-corrected chi connectivity index (χ4v) is 12.6. The topological polar surface area (TPSA) is 105 Å². The van der Waals surface area contributed by atoms with Gasteiger partial charge in [-0.05, 0) is 136 Å². The summed E-state index contributed by atoms with van der Waals surface area (Å²) in [6, 6.07) is 0. The van der Waals surface area contributed by atoms with Crippen LogP contribution in [0.4, 0.5) is 0 Å². The van der Waals surface area contributed by atoms with Gasteiger partial charge in [0.2, 0.25) is 0 Å². The number of esters is 1. The van der Waals surface area contributed by atoms with Crippen LogP contribution in [0.5, 0.6) is 0 Å². The summed E-state index contributed by atoms with van der Waals surface area (Å²) >= 11 is 0. The number of fused-ring (bicyclic) bond motifs is 5. The molecule has 0 aromatic heterocycles. The molecule has 4 fully saturated rings. The second kappa shape index (κ2) is 24.3. The number of unbranched alkanes of at least 4 members (excludes halogenated alkanes) is 7. The molecule has 60 heavy (non-hydrogen) atoms. The largest absolute Gasteiger partial charge is 0.463 e. The molecular formula is C53H88O7. The van der Waals surface area contributed by atoms with Gasteiger partial charge < -0.3 is 29.5 Å². The quantitative estimate of drug-likeness (QED) is 0.0505. The summed E-state index contributed by atoms with van der Waals surface area (Å²) in [7, 11) is 0. The summed E-state index contributed by atoms with van der Waals surface area (Å²) in [6.07, 6.45) is 35.2. The van der Waals surface area contributed by atoms with Gasteiger partial charge in [0.15, 0.2) is 6.29 Å². The molecule has 342 valence electrons. The van der Waals surface area contributed by atoms with Gasteiger partial charge in [-0.15, -0.1) is 0 Å². The average molecular weight is 837 g/mol. The minimum Gasteiger partial charge on any atom is -0.463 e. The van der Waals surface area contributed by atoms with E-state index in [1.807, 2.05) is 0 Å². The first kappa shape index (κ1) is 49.2. The number of hydrogen-bond donors (Lipinski definition) is 3. The highest BCUT2D eigenvalue weighted by Gasteiger charge is 2.59. The first-order chi connectivity index (χ1) is 28.9. The minimum absolute atomic E-state index is 0.144. The maximum absolute atomic E-state index is 12.6. The molecule has 0 spiro atoms. The minimum atomic E-state index is -1.45. The normalized spacial score (nSPS) is 36.1. The van der Waals surface area contributed by atoms with E-state index in [4.69, 9.17) is 14.2 Å². The number of rotatable bonds is 24. The molecule has 0 aromatic rings. The van der Waals surface area contributed by atoms with E-state index in [1.165, 1.54) is 76.2 Å². The fraction of sp³-hybridized carbons (Fsp3) is 0.830. The number of carbonyl (C=O) groups is 1. The fourth-order valence-electron chi connectivity index (χ4n) is 12.6. The van der Waals surface area contributed by atoms with E-state index in [1.54, 1.807) is 0 Å². The Labute approximate surface area is 366 Å². The predicted octanol–water partition coefficient (Wildman–Crippen LogP) is 12.1. The highest BCUT2D eigenvalue weighted by molar-refractivity contribution is 5.69. The lowest BCUT2D eigenvalue weighted by Gasteiger charge is -2.58. The van der Waals surface area contributed by atoms with E-state index in [2.05, 4.69) is 84.1 Å². The van der Waals surface area contributed by atoms with Crippen molar-refractivity contribution < 1.29 is 34.3 Å². The highest BCUT2D eigenvalue weighted by atomic mass is 16.7. The lowest BCUT2D eigenvalue weighted by Crippen LogP contribution is -2.60. The van der Waals surface area contributed by atoms with Crippen molar-refractivity contribution >= 4 is 5.97 Å². The number of aliphatic hydroxyl groups is 3. The van der Waals surface area contributed by atoms with Crippen molar-refractivity contribution in [3.05, 3.63) is 48.1 Å². The van der Waals surface area contributed by atoms with Crippen molar-refractivity contribution in [2.45, 2.75) is 226 Å². The molecule has 7 nitrogen and oxygen atoms in total. The maximum atomic E-state index is 12.6. The van der Waals surface area contributed by atoms with E-state index in [9.17, 15) is 20.1 Å². The Morgan fingerprint density at radius 2 is 1.50 bits per heavy atom. The smallest absolute Gasteiger partial charge is 0.305 e. The lowest BCUT2D eigenvalue weighted by atomic mass is 9.47. The zero-order chi connectivity index (χ0) is 43.1. The molecule has 3 saturated carbocycles. The summed E-state index contributed by atoms with van der Waals surface area (Å²) in [5.41, 5.74) is 2.13. The number of carbonyl (C=O) groups excluding carboxylic acids is 1. The Bertz CT molecular complexity index is 1400. The molecule has 7 heteroatoms. The van der Waals surface area contributed by atoms with Gasteiger partial charge >= 0.3 is 5.97 Å². The molecule has 13 atom stereocenters. The molecule has 0 radical (unpaired) electrons. The molecule has 3 unspecified atom stereocenters.